The van der Waals surface area contributed by atoms with Crippen LogP contribution >= 0.6 is 11.6 Å². The number of rotatable bonds is 7. The molecule has 0 N–H and O–H groups in total. The van der Waals surface area contributed by atoms with Gasteiger partial charge in [0.15, 0.2) is 0 Å². The van der Waals surface area contributed by atoms with Gasteiger partial charge in [-0.25, -0.2) is 8.42 Å². The highest BCUT2D eigenvalue weighted by Crippen LogP contribution is 2.37. The van der Waals surface area contributed by atoms with Gasteiger partial charge in [-0.15, -0.1) is 0 Å². The number of aryl methyl sites for hydroxylation is 1. The lowest BCUT2D eigenvalue weighted by Gasteiger charge is -2.29. The lowest BCUT2D eigenvalue weighted by molar-refractivity contribution is -0.385. The van der Waals surface area contributed by atoms with E-state index in [4.69, 9.17) is 16.3 Å². The number of carbonyl (C=O) groups is 1. The largest absolute Gasteiger partial charge is 0.495 e. The van der Waals surface area contributed by atoms with Crippen LogP contribution in [-0.4, -0.2) is 38.9 Å². The number of sulfonamides is 1. The average Bonchev–Trinajstić information content (AvgIpc) is 3.18. The van der Waals surface area contributed by atoms with Gasteiger partial charge in [0.05, 0.1) is 22.6 Å². The number of amides is 1. The Balaban J connectivity index is 1.84. The number of carbonyl (C=O) groups excluding carboxylic acids is 1. The number of ether oxygens (including phenoxy) is 1. The highest BCUT2D eigenvalue weighted by atomic mass is 35.5. The summed E-state index contributed by atoms with van der Waals surface area (Å²) in [6.45, 7) is 2.83. The van der Waals surface area contributed by atoms with Crippen LogP contribution in [0, 0.1) is 17.0 Å². The molecule has 188 valence electrons. The first-order chi connectivity index (χ1) is 17.0. The third-order valence-electron chi connectivity index (χ3n) is 6.13. The zero-order valence-corrected chi connectivity index (χ0v) is 21.4. The minimum atomic E-state index is -4.45. The van der Waals surface area contributed by atoms with E-state index in [1.54, 1.807) is 4.90 Å². The summed E-state index contributed by atoms with van der Waals surface area (Å²) < 4.78 is 34.1. The normalized spacial score (nSPS) is 14.9. The van der Waals surface area contributed by atoms with Gasteiger partial charge in [-0.2, -0.15) is 0 Å². The van der Waals surface area contributed by atoms with Crippen molar-refractivity contribution < 1.29 is 22.9 Å². The molecular formula is C25H24ClN3O6S. The van der Waals surface area contributed by atoms with Crippen LogP contribution in [0.15, 0.2) is 65.6 Å². The second-order valence-electron chi connectivity index (χ2n) is 8.48. The maximum absolute atomic E-state index is 13.9. The molecule has 1 unspecified atom stereocenters. The summed E-state index contributed by atoms with van der Waals surface area (Å²) in [5.74, 6) is -0.285. The zero-order chi connectivity index (χ0) is 26.2. The molecule has 0 bridgehead atoms. The van der Waals surface area contributed by atoms with Crippen molar-refractivity contribution in [1.29, 1.82) is 0 Å². The Kier molecular flexibility index (Phi) is 6.92. The first kappa shape index (κ1) is 25.5. The minimum absolute atomic E-state index is 0.0433. The Hall–Kier alpha value is -3.63. The summed E-state index contributed by atoms with van der Waals surface area (Å²) in [5, 5.41) is 11.7. The topological polar surface area (TPSA) is 110 Å². The van der Waals surface area contributed by atoms with Crippen molar-refractivity contribution in [3.8, 4) is 5.75 Å². The van der Waals surface area contributed by atoms with E-state index < -0.39 is 27.4 Å². The van der Waals surface area contributed by atoms with Gasteiger partial charge in [-0.3, -0.25) is 19.2 Å². The van der Waals surface area contributed by atoms with Gasteiger partial charge in [-0.1, -0.05) is 35.9 Å². The molecule has 4 rings (SSSR count). The molecule has 0 spiro atoms. The van der Waals surface area contributed by atoms with E-state index in [1.165, 1.54) is 44.4 Å². The molecule has 1 heterocycles. The molecule has 0 saturated heterocycles. The molecule has 36 heavy (non-hydrogen) atoms. The van der Waals surface area contributed by atoms with Crippen LogP contribution < -0.4 is 13.9 Å². The molecule has 0 aromatic heterocycles. The third kappa shape index (κ3) is 4.61. The molecule has 0 saturated carbocycles. The molecule has 11 heteroatoms. The summed E-state index contributed by atoms with van der Waals surface area (Å²) >= 11 is 6.19. The number of halogens is 1. The van der Waals surface area contributed by atoms with Crippen LogP contribution in [-0.2, 0) is 21.2 Å². The number of nitrogens with zero attached hydrogens (tertiary/aromatic N) is 3. The standard InChI is InChI=1S/C25H24ClN3O6S/c1-16-8-10-20(14-22(16)29(31)32)36(33,34)27(23-13-19(26)9-11-24(23)35-3)15-25(30)28-17(2)12-18-6-4-5-7-21(18)28/h4-11,13-14,17H,12,15H2,1-3H3. The maximum Gasteiger partial charge on any atom is 0.273 e. The van der Waals surface area contributed by atoms with Crippen LogP contribution in [0.5, 0.6) is 5.75 Å². The Morgan fingerprint density at radius 1 is 1.19 bits per heavy atom. The summed E-state index contributed by atoms with van der Waals surface area (Å²) in [6.07, 6.45) is 0.638. The van der Waals surface area contributed by atoms with Crippen molar-refractivity contribution in [2.45, 2.75) is 31.2 Å². The number of nitro groups is 1. The smallest absolute Gasteiger partial charge is 0.273 e. The van der Waals surface area contributed by atoms with Gasteiger partial charge in [-0.05, 0) is 56.2 Å². The van der Waals surface area contributed by atoms with Crippen molar-refractivity contribution in [1.82, 2.24) is 0 Å². The van der Waals surface area contributed by atoms with E-state index >= 15 is 0 Å². The molecule has 0 fully saturated rings. The first-order valence-electron chi connectivity index (χ1n) is 11.1. The lowest BCUT2D eigenvalue weighted by Crippen LogP contribution is -2.45. The number of nitro benzene ring substituents is 1. The van der Waals surface area contributed by atoms with Crippen LogP contribution in [0.1, 0.15) is 18.1 Å². The summed E-state index contributed by atoms with van der Waals surface area (Å²) in [7, 11) is -3.08. The Bertz CT molecular complexity index is 1460. The predicted octanol–water partition coefficient (Wildman–Crippen LogP) is 4.74. The number of hydrogen-bond acceptors (Lipinski definition) is 6. The van der Waals surface area contributed by atoms with Crippen LogP contribution in [0.4, 0.5) is 17.1 Å². The van der Waals surface area contributed by atoms with E-state index in [1.807, 2.05) is 31.2 Å². The van der Waals surface area contributed by atoms with Gasteiger partial charge in [0, 0.05) is 28.4 Å². The number of anilines is 2. The Labute approximate surface area is 214 Å². The number of methoxy groups -OCH3 is 1. The van der Waals surface area contributed by atoms with Crippen molar-refractivity contribution in [3.05, 3.63) is 86.9 Å². The summed E-state index contributed by atoms with van der Waals surface area (Å²) in [6, 6.07) is 15.3. The monoisotopic (exact) mass is 529 g/mol. The van der Waals surface area contributed by atoms with Crippen molar-refractivity contribution in [3.63, 3.8) is 0 Å². The summed E-state index contributed by atoms with van der Waals surface area (Å²) in [5.41, 5.74) is 1.72. The number of para-hydroxylation sites is 1. The number of hydrogen-bond donors (Lipinski definition) is 0. The fraction of sp³-hybridized carbons (Fsp3) is 0.240. The Morgan fingerprint density at radius 3 is 2.61 bits per heavy atom. The molecule has 1 aliphatic rings. The number of benzene rings is 3. The molecule has 1 atom stereocenters. The molecule has 0 radical (unpaired) electrons. The van der Waals surface area contributed by atoms with E-state index in [-0.39, 0.29) is 33.1 Å². The highest BCUT2D eigenvalue weighted by molar-refractivity contribution is 7.92. The van der Waals surface area contributed by atoms with Crippen molar-refractivity contribution >= 4 is 44.6 Å². The molecule has 1 amide bonds. The highest BCUT2D eigenvalue weighted by Gasteiger charge is 2.36. The van der Waals surface area contributed by atoms with E-state index in [9.17, 15) is 23.3 Å². The molecule has 3 aromatic carbocycles. The zero-order valence-electron chi connectivity index (χ0n) is 19.8. The fourth-order valence-corrected chi connectivity index (χ4v) is 5.98. The van der Waals surface area contributed by atoms with Crippen LogP contribution in [0.3, 0.4) is 0 Å². The molecular weight excluding hydrogens is 506 g/mol. The van der Waals surface area contributed by atoms with Gasteiger partial charge in [0.2, 0.25) is 5.91 Å². The van der Waals surface area contributed by atoms with Gasteiger partial charge in [0.25, 0.3) is 15.7 Å². The van der Waals surface area contributed by atoms with Crippen LogP contribution in [0.25, 0.3) is 0 Å². The second kappa shape index (κ2) is 9.79. The molecule has 3 aromatic rings. The minimum Gasteiger partial charge on any atom is -0.495 e. The van der Waals surface area contributed by atoms with E-state index in [2.05, 4.69) is 0 Å². The summed E-state index contributed by atoms with van der Waals surface area (Å²) in [4.78, 5) is 25.7. The van der Waals surface area contributed by atoms with E-state index in [0.717, 1.165) is 21.6 Å². The quantitative estimate of drug-likeness (QED) is 0.323. The van der Waals surface area contributed by atoms with Gasteiger partial charge >= 0.3 is 0 Å². The Morgan fingerprint density at radius 2 is 1.92 bits per heavy atom. The first-order valence-corrected chi connectivity index (χ1v) is 12.9. The predicted molar refractivity (Wildman–Crippen MR) is 137 cm³/mol. The van der Waals surface area contributed by atoms with Crippen molar-refractivity contribution in [2.75, 3.05) is 22.9 Å². The molecule has 9 nitrogen and oxygen atoms in total. The lowest BCUT2D eigenvalue weighted by atomic mass is 10.1. The fourth-order valence-electron chi connectivity index (χ4n) is 4.38. The van der Waals surface area contributed by atoms with Gasteiger partial charge < -0.3 is 9.64 Å². The second-order valence-corrected chi connectivity index (χ2v) is 10.8. The number of fused-ring (bicyclic) bond motifs is 1. The van der Waals surface area contributed by atoms with Crippen LogP contribution in [0.2, 0.25) is 5.02 Å². The third-order valence-corrected chi connectivity index (χ3v) is 8.12. The molecule has 0 aliphatic carbocycles. The maximum atomic E-state index is 13.9. The van der Waals surface area contributed by atoms with E-state index in [0.29, 0.717) is 12.0 Å². The molecule has 1 aliphatic heterocycles. The average molecular weight is 530 g/mol. The van der Waals surface area contributed by atoms with Crippen molar-refractivity contribution in [2.24, 2.45) is 0 Å². The SMILES string of the molecule is COc1ccc(Cl)cc1N(CC(=O)N1c2ccccc2CC1C)S(=O)(=O)c1ccc(C)c([N+](=O)[O-])c1. The van der Waals surface area contributed by atoms with Gasteiger partial charge in [0.1, 0.15) is 12.3 Å².